The van der Waals surface area contributed by atoms with Crippen molar-refractivity contribution in [3.63, 3.8) is 0 Å². The van der Waals surface area contributed by atoms with Crippen molar-refractivity contribution in [2.45, 2.75) is 18.8 Å². The van der Waals surface area contributed by atoms with Crippen molar-refractivity contribution in [2.24, 2.45) is 0 Å². The van der Waals surface area contributed by atoms with Gasteiger partial charge < -0.3 is 14.8 Å². The molecule has 0 aromatic heterocycles. The average molecular weight is 418 g/mol. The van der Waals surface area contributed by atoms with Crippen LogP contribution >= 0.6 is 0 Å². The van der Waals surface area contributed by atoms with Crippen LogP contribution in [0.4, 0.5) is 0 Å². The predicted octanol–water partition coefficient (Wildman–Crippen LogP) is 4.12. The maximum atomic E-state index is 12.5. The maximum absolute atomic E-state index is 12.5. The van der Waals surface area contributed by atoms with Crippen molar-refractivity contribution in [3.8, 4) is 5.75 Å². The van der Waals surface area contributed by atoms with Gasteiger partial charge >= 0.3 is 5.97 Å². The summed E-state index contributed by atoms with van der Waals surface area (Å²) in [4.78, 5) is 24.6. The Morgan fingerprint density at radius 1 is 0.839 bits per heavy atom. The second kappa shape index (κ2) is 11.6. The minimum Gasteiger partial charge on any atom is -0.496 e. The molecule has 3 aromatic carbocycles. The highest BCUT2D eigenvalue weighted by Crippen LogP contribution is 2.28. The monoisotopic (exact) mass is 417 g/mol. The second-order valence-electron chi connectivity index (χ2n) is 7.15. The van der Waals surface area contributed by atoms with E-state index in [1.807, 2.05) is 84.9 Å². The third-order valence-electron chi connectivity index (χ3n) is 5.05. The van der Waals surface area contributed by atoms with E-state index in [1.54, 1.807) is 7.11 Å². The first-order valence-corrected chi connectivity index (χ1v) is 10.3. The van der Waals surface area contributed by atoms with Gasteiger partial charge in [-0.1, -0.05) is 78.9 Å². The van der Waals surface area contributed by atoms with Gasteiger partial charge in [0.1, 0.15) is 5.75 Å². The van der Waals surface area contributed by atoms with Crippen molar-refractivity contribution >= 4 is 11.9 Å². The standard InChI is InChI=1S/C26H27NO4/c1-30-24-15-9-8-14-22(24)16-17-27-25(28)19-31-26(29)18-23(20-10-4-2-5-11-20)21-12-6-3-7-13-21/h2-15,23H,16-19H2,1H3,(H,27,28). The molecular weight excluding hydrogens is 390 g/mol. The Morgan fingerprint density at radius 3 is 2.03 bits per heavy atom. The fourth-order valence-electron chi connectivity index (χ4n) is 3.47. The lowest BCUT2D eigenvalue weighted by molar-refractivity contribution is -0.148. The Labute approximate surface area is 183 Å². The number of para-hydroxylation sites is 1. The lowest BCUT2D eigenvalue weighted by atomic mass is 9.89. The van der Waals surface area contributed by atoms with Gasteiger partial charge in [-0.05, 0) is 29.2 Å². The topological polar surface area (TPSA) is 64.6 Å². The zero-order valence-corrected chi connectivity index (χ0v) is 17.6. The zero-order chi connectivity index (χ0) is 21.9. The number of methoxy groups -OCH3 is 1. The molecule has 0 fully saturated rings. The number of nitrogens with one attached hydrogen (secondary N) is 1. The van der Waals surface area contributed by atoms with Crippen LogP contribution in [0.5, 0.6) is 5.75 Å². The molecule has 31 heavy (non-hydrogen) atoms. The van der Waals surface area contributed by atoms with Crippen LogP contribution in [-0.2, 0) is 20.7 Å². The number of amides is 1. The van der Waals surface area contributed by atoms with Gasteiger partial charge in [0, 0.05) is 12.5 Å². The molecule has 0 atom stereocenters. The summed E-state index contributed by atoms with van der Waals surface area (Å²) in [5.41, 5.74) is 3.08. The maximum Gasteiger partial charge on any atom is 0.307 e. The first-order valence-electron chi connectivity index (χ1n) is 10.3. The molecule has 0 aliphatic rings. The van der Waals surface area contributed by atoms with Gasteiger partial charge in [-0.2, -0.15) is 0 Å². The number of esters is 1. The van der Waals surface area contributed by atoms with Gasteiger partial charge in [0.05, 0.1) is 13.5 Å². The Kier molecular flexibility index (Phi) is 8.23. The fraction of sp³-hybridized carbons (Fsp3) is 0.231. The van der Waals surface area contributed by atoms with Crippen LogP contribution < -0.4 is 10.1 Å². The van der Waals surface area contributed by atoms with Crippen molar-refractivity contribution < 1.29 is 19.1 Å². The van der Waals surface area contributed by atoms with Gasteiger partial charge in [0.25, 0.3) is 5.91 Å². The SMILES string of the molecule is COc1ccccc1CCNC(=O)COC(=O)CC(c1ccccc1)c1ccccc1. The van der Waals surface area contributed by atoms with E-state index in [-0.39, 0.29) is 24.9 Å². The molecule has 0 bridgehead atoms. The van der Waals surface area contributed by atoms with E-state index < -0.39 is 5.97 Å². The number of carbonyl (C=O) groups excluding carboxylic acids is 2. The largest absolute Gasteiger partial charge is 0.496 e. The number of rotatable bonds is 10. The lowest BCUT2D eigenvalue weighted by Crippen LogP contribution is -2.30. The molecule has 3 aromatic rings. The summed E-state index contributed by atoms with van der Waals surface area (Å²) in [6.07, 6.45) is 0.802. The van der Waals surface area contributed by atoms with E-state index in [0.29, 0.717) is 13.0 Å². The molecule has 0 saturated carbocycles. The lowest BCUT2D eigenvalue weighted by Gasteiger charge is -2.17. The molecule has 0 heterocycles. The summed E-state index contributed by atoms with van der Waals surface area (Å²) in [7, 11) is 1.62. The van der Waals surface area contributed by atoms with Gasteiger partial charge in [0.15, 0.2) is 6.61 Å². The minimum absolute atomic E-state index is 0.122. The smallest absolute Gasteiger partial charge is 0.307 e. The first kappa shape index (κ1) is 22.1. The van der Waals surface area contributed by atoms with Gasteiger partial charge in [-0.3, -0.25) is 9.59 Å². The Bertz CT molecular complexity index is 933. The van der Waals surface area contributed by atoms with E-state index in [2.05, 4.69) is 5.32 Å². The van der Waals surface area contributed by atoms with Crippen LogP contribution in [0, 0.1) is 0 Å². The first-order chi connectivity index (χ1) is 15.2. The molecule has 0 aliphatic heterocycles. The normalized spacial score (nSPS) is 10.5. The number of benzene rings is 3. The van der Waals surface area contributed by atoms with E-state index >= 15 is 0 Å². The molecule has 1 N–H and O–H groups in total. The Morgan fingerprint density at radius 2 is 1.42 bits per heavy atom. The van der Waals surface area contributed by atoms with Crippen LogP contribution in [0.15, 0.2) is 84.9 Å². The molecule has 3 rings (SSSR count). The van der Waals surface area contributed by atoms with Crippen LogP contribution in [0.3, 0.4) is 0 Å². The predicted molar refractivity (Wildman–Crippen MR) is 120 cm³/mol. The van der Waals surface area contributed by atoms with Gasteiger partial charge in [0.2, 0.25) is 0 Å². The van der Waals surface area contributed by atoms with E-state index in [9.17, 15) is 9.59 Å². The van der Waals surface area contributed by atoms with Crippen molar-refractivity contribution in [1.29, 1.82) is 0 Å². The van der Waals surface area contributed by atoms with Crippen molar-refractivity contribution in [3.05, 3.63) is 102 Å². The molecule has 5 nitrogen and oxygen atoms in total. The highest BCUT2D eigenvalue weighted by Gasteiger charge is 2.19. The van der Waals surface area contributed by atoms with Crippen molar-refractivity contribution in [2.75, 3.05) is 20.3 Å². The minimum atomic E-state index is -0.405. The summed E-state index contributed by atoms with van der Waals surface area (Å²) >= 11 is 0. The third kappa shape index (κ3) is 6.71. The molecule has 0 saturated heterocycles. The van der Waals surface area contributed by atoms with Crippen molar-refractivity contribution in [1.82, 2.24) is 5.32 Å². The highest BCUT2D eigenvalue weighted by molar-refractivity contribution is 5.80. The van der Waals surface area contributed by atoms with Crippen LogP contribution in [0.1, 0.15) is 29.0 Å². The number of ether oxygens (including phenoxy) is 2. The Balaban J connectivity index is 1.49. The molecule has 0 radical (unpaired) electrons. The fourth-order valence-corrected chi connectivity index (χ4v) is 3.47. The summed E-state index contributed by atoms with van der Waals surface area (Å²) in [6.45, 7) is 0.147. The molecule has 0 unspecified atom stereocenters. The summed E-state index contributed by atoms with van der Waals surface area (Å²) in [6, 6.07) is 27.3. The van der Waals surface area contributed by atoms with E-state index in [0.717, 1.165) is 22.4 Å². The molecule has 0 aliphatic carbocycles. The quantitative estimate of drug-likeness (QED) is 0.504. The van der Waals surface area contributed by atoms with E-state index in [1.165, 1.54) is 0 Å². The summed E-state index contributed by atoms with van der Waals surface area (Å²) in [5.74, 6) is -0.0589. The van der Waals surface area contributed by atoms with Crippen LogP contribution in [0.25, 0.3) is 0 Å². The van der Waals surface area contributed by atoms with Gasteiger partial charge in [-0.25, -0.2) is 0 Å². The number of hydrogen-bond acceptors (Lipinski definition) is 4. The summed E-state index contributed by atoms with van der Waals surface area (Å²) < 4.78 is 10.6. The average Bonchev–Trinajstić information content (AvgIpc) is 2.82. The number of hydrogen-bond donors (Lipinski definition) is 1. The van der Waals surface area contributed by atoms with E-state index in [4.69, 9.17) is 9.47 Å². The molecular formula is C26H27NO4. The van der Waals surface area contributed by atoms with Gasteiger partial charge in [-0.15, -0.1) is 0 Å². The Hall–Kier alpha value is -3.60. The molecule has 0 spiro atoms. The molecule has 1 amide bonds. The van der Waals surface area contributed by atoms with Crippen LogP contribution in [0.2, 0.25) is 0 Å². The molecule has 5 heteroatoms. The third-order valence-corrected chi connectivity index (χ3v) is 5.05. The highest BCUT2D eigenvalue weighted by atomic mass is 16.5. The zero-order valence-electron chi connectivity index (χ0n) is 17.6. The van der Waals surface area contributed by atoms with Crippen LogP contribution in [-0.4, -0.2) is 32.1 Å². The summed E-state index contributed by atoms with van der Waals surface area (Å²) in [5, 5.41) is 2.78. The molecule has 160 valence electrons. The number of carbonyl (C=O) groups is 2. The second-order valence-corrected chi connectivity index (χ2v) is 7.15.